The fraction of sp³-hybridized carbons (Fsp3) is 0.417. The zero-order valence-corrected chi connectivity index (χ0v) is 10.3. The third-order valence-corrected chi connectivity index (χ3v) is 3.36. The summed E-state index contributed by atoms with van der Waals surface area (Å²) < 4.78 is 5.07. The number of carbonyl (C=O) groups is 1. The Morgan fingerprint density at radius 3 is 2.62 bits per heavy atom. The Balaban J connectivity index is 1.85. The van der Waals surface area contributed by atoms with Gasteiger partial charge in [0.2, 0.25) is 0 Å². The van der Waals surface area contributed by atoms with Gasteiger partial charge in [0.25, 0.3) is 0 Å². The molecule has 0 heterocycles. The number of halogens is 1. The van der Waals surface area contributed by atoms with Gasteiger partial charge in [-0.3, -0.25) is 0 Å². The van der Waals surface area contributed by atoms with Gasteiger partial charge in [-0.2, -0.15) is 0 Å². The lowest BCUT2D eigenvalue weighted by Crippen LogP contribution is -2.51. The number of hydrogen-bond acceptors (Lipinski definition) is 3. The van der Waals surface area contributed by atoms with Crippen LogP contribution < -0.4 is 0 Å². The van der Waals surface area contributed by atoms with Gasteiger partial charge in [-0.25, -0.2) is 4.79 Å². The summed E-state index contributed by atoms with van der Waals surface area (Å²) in [5.74, 6) is -0.521. The highest BCUT2D eigenvalue weighted by Crippen LogP contribution is 2.38. The summed E-state index contributed by atoms with van der Waals surface area (Å²) in [6, 6.07) is 9.43. The van der Waals surface area contributed by atoms with E-state index in [1.807, 2.05) is 30.3 Å². The molecule has 1 aromatic carbocycles. The molecule has 0 radical (unpaired) electrons. The van der Waals surface area contributed by atoms with E-state index in [4.69, 9.17) is 4.74 Å². The van der Waals surface area contributed by atoms with Crippen LogP contribution in [0.15, 0.2) is 30.3 Å². The molecule has 86 valence electrons. The lowest BCUT2D eigenvalue weighted by Gasteiger charge is -2.38. The van der Waals surface area contributed by atoms with Crippen molar-refractivity contribution in [1.29, 1.82) is 0 Å². The number of alkyl halides is 1. The van der Waals surface area contributed by atoms with Gasteiger partial charge in [-0.15, -0.1) is 0 Å². The van der Waals surface area contributed by atoms with Gasteiger partial charge < -0.3 is 9.84 Å². The van der Waals surface area contributed by atoms with Crippen LogP contribution in [-0.4, -0.2) is 21.5 Å². The van der Waals surface area contributed by atoms with Crippen molar-refractivity contribution in [2.45, 2.75) is 29.9 Å². The second-order valence-corrected chi connectivity index (χ2v) is 5.39. The Bertz CT molecular complexity index is 371. The summed E-state index contributed by atoms with van der Waals surface area (Å²) in [6.07, 6.45) is 0.862. The number of esters is 1. The molecule has 0 aromatic heterocycles. The van der Waals surface area contributed by atoms with Crippen molar-refractivity contribution in [1.82, 2.24) is 0 Å². The van der Waals surface area contributed by atoms with E-state index in [1.54, 1.807) is 0 Å². The van der Waals surface area contributed by atoms with Crippen LogP contribution in [0.25, 0.3) is 0 Å². The molecular formula is C12H13BrO3. The number of rotatable bonds is 3. The van der Waals surface area contributed by atoms with Crippen molar-refractivity contribution in [3.63, 3.8) is 0 Å². The SMILES string of the molecule is O=C(OCc1ccccc1)C1(O)CC(Br)C1. The van der Waals surface area contributed by atoms with Crippen molar-refractivity contribution >= 4 is 21.9 Å². The first-order valence-electron chi connectivity index (χ1n) is 5.18. The van der Waals surface area contributed by atoms with E-state index < -0.39 is 11.6 Å². The number of aliphatic hydroxyl groups is 1. The molecule has 1 aliphatic carbocycles. The van der Waals surface area contributed by atoms with Crippen LogP contribution >= 0.6 is 15.9 Å². The van der Waals surface area contributed by atoms with E-state index in [9.17, 15) is 9.90 Å². The number of carbonyl (C=O) groups excluding carboxylic acids is 1. The molecular weight excluding hydrogens is 272 g/mol. The van der Waals surface area contributed by atoms with Gasteiger partial charge in [0.05, 0.1) is 0 Å². The number of hydrogen-bond donors (Lipinski definition) is 1. The minimum Gasteiger partial charge on any atom is -0.459 e. The molecule has 16 heavy (non-hydrogen) atoms. The van der Waals surface area contributed by atoms with E-state index in [0.29, 0.717) is 12.8 Å². The van der Waals surface area contributed by atoms with Gasteiger partial charge in [-0.1, -0.05) is 46.3 Å². The van der Waals surface area contributed by atoms with Crippen LogP contribution in [0.5, 0.6) is 0 Å². The highest BCUT2D eigenvalue weighted by Gasteiger charge is 2.49. The molecule has 0 unspecified atom stereocenters. The molecule has 2 rings (SSSR count). The molecule has 0 aliphatic heterocycles. The highest BCUT2D eigenvalue weighted by molar-refractivity contribution is 9.09. The molecule has 0 amide bonds. The number of ether oxygens (including phenoxy) is 1. The number of benzene rings is 1. The Hall–Kier alpha value is -0.870. The third kappa shape index (κ3) is 2.44. The fourth-order valence-electron chi connectivity index (χ4n) is 1.70. The van der Waals surface area contributed by atoms with E-state index >= 15 is 0 Å². The lowest BCUT2D eigenvalue weighted by atomic mass is 9.80. The average Bonchev–Trinajstić information content (AvgIpc) is 2.25. The second-order valence-electron chi connectivity index (χ2n) is 4.10. The maximum Gasteiger partial charge on any atom is 0.338 e. The molecule has 1 N–H and O–H groups in total. The minimum absolute atomic E-state index is 0.217. The minimum atomic E-state index is -1.27. The zero-order chi connectivity index (χ0) is 11.6. The molecule has 1 aromatic rings. The van der Waals surface area contributed by atoms with Crippen LogP contribution in [0.3, 0.4) is 0 Å². The predicted octanol–water partition coefficient (Wildman–Crippen LogP) is 2.02. The molecule has 0 spiro atoms. The van der Waals surface area contributed by atoms with Crippen molar-refractivity contribution < 1.29 is 14.6 Å². The van der Waals surface area contributed by atoms with Crippen LogP contribution in [0.2, 0.25) is 0 Å². The van der Waals surface area contributed by atoms with Crippen molar-refractivity contribution in [2.75, 3.05) is 0 Å². The molecule has 1 saturated carbocycles. The van der Waals surface area contributed by atoms with Gasteiger partial charge >= 0.3 is 5.97 Å². The van der Waals surface area contributed by atoms with E-state index in [2.05, 4.69) is 15.9 Å². The quantitative estimate of drug-likeness (QED) is 0.682. The summed E-state index contributed by atoms with van der Waals surface area (Å²) >= 11 is 3.33. The molecule has 0 bridgehead atoms. The molecule has 0 saturated heterocycles. The fourth-order valence-corrected chi connectivity index (χ4v) is 2.77. The molecule has 1 fully saturated rings. The van der Waals surface area contributed by atoms with Crippen LogP contribution in [0.1, 0.15) is 18.4 Å². The highest BCUT2D eigenvalue weighted by atomic mass is 79.9. The first-order chi connectivity index (χ1) is 7.60. The molecule has 3 nitrogen and oxygen atoms in total. The monoisotopic (exact) mass is 284 g/mol. The predicted molar refractivity (Wildman–Crippen MR) is 63.1 cm³/mol. The molecule has 0 atom stereocenters. The second kappa shape index (κ2) is 4.55. The molecule has 1 aliphatic rings. The Morgan fingerprint density at radius 1 is 1.44 bits per heavy atom. The summed E-state index contributed by atoms with van der Waals surface area (Å²) in [5.41, 5.74) is -0.350. The van der Waals surface area contributed by atoms with Crippen LogP contribution in [-0.2, 0) is 16.1 Å². The normalized spacial score (nSPS) is 28.2. The maximum atomic E-state index is 11.6. The summed E-state index contributed by atoms with van der Waals surface area (Å²) in [7, 11) is 0. The smallest absolute Gasteiger partial charge is 0.338 e. The maximum absolute atomic E-state index is 11.6. The van der Waals surface area contributed by atoms with Crippen molar-refractivity contribution in [2.24, 2.45) is 0 Å². The summed E-state index contributed by atoms with van der Waals surface area (Å²) in [6.45, 7) is 0.217. The zero-order valence-electron chi connectivity index (χ0n) is 8.73. The standard InChI is InChI=1S/C12H13BrO3/c13-10-6-12(15,7-10)11(14)16-8-9-4-2-1-3-5-9/h1-5,10,15H,6-8H2. The van der Waals surface area contributed by atoms with Crippen molar-refractivity contribution in [3.8, 4) is 0 Å². The Labute approximate surface area is 103 Å². The molecule has 4 heteroatoms. The van der Waals surface area contributed by atoms with Gasteiger partial charge in [0.15, 0.2) is 5.60 Å². The van der Waals surface area contributed by atoms with Crippen LogP contribution in [0, 0.1) is 0 Å². The first kappa shape index (κ1) is 11.6. The van der Waals surface area contributed by atoms with Gasteiger partial charge in [0, 0.05) is 4.83 Å². The Morgan fingerprint density at radius 2 is 2.06 bits per heavy atom. The third-order valence-electron chi connectivity index (χ3n) is 2.71. The van der Waals surface area contributed by atoms with Gasteiger partial charge in [-0.05, 0) is 18.4 Å². The van der Waals surface area contributed by atoms with E-state index in [0.717, 1.165) is 5.56 Å². The van der Waals surface area contributed by atoms with E-state index in [1.165, 1.54) is 0 Å². The lowest BCUT2D eigenvalue weighted by molar-refractivity contribution is -0.175. The Kier molecular flexibility index (Phi) is 3.30. The average molecular weight is 285 g/mol. The largest absolute Gasteiger partial charge is 0.459 e. The van der Waals surface area contributed by atoms with E-state index in [-0.39, 0.29) is 11.4 Å². The first-order valence-corrected chi connectivity index (χ1v) is 6.09. The summed E-state index contributed by atoms with van der Waals surface area (Å²) in [4.78, 5) is 11.8. The van der Waals surface area contributed by atoms with Gasteiger partial charge in [0.1, 0.15) is 6.61 Å². The topological polar surface area (TPSA) is 46.5 Å². The van der Waals surface area contributed by atoms with Crippen molar-refractivity contribution in [3.05, 3.63) is 35.9 Å². The van der Waals surface area contributed by atoms with Crippen LogP contribution in [0.4, 0.5) is 0 Å². The summed E-state index contributed by atoms with van der Waals surface area (Å²) in [5, 5.41) is 9.82.